The lowest BCUT2D eigenvalue weighted by atomic mass is 10.1. The van der Waals surface area contributed by atoms with Crippen molar-refractivity contribution in [1.29, 1.82) is 0 Å². The largest absolute Gasteiger partial charge is 0.420 e. The topological polar surface area (TPSA) is 322 Å². The Morgan fingerprint density at radius 2 is 1.10 bits per heavy atom. The molecule has 0 fully saturated rings. The number of carbonyl (C=O) groups is 3. The smallest absolute Gasteiger partial charge is 0.313 e. The molecule has 0 radical (unpaired) electrons. The van der Waals surface area contributed by atoms with Crippen molar-refractivity contribution in [2.24, 2.45) is 10.7 Å². The number of amides is 2. The van der Waals surface area contributed by atoms with E-state index < -0.39 is 56.4 Å². The molecule has 0 spiro atoms. The number of amidine groups is 1. The van der Waals surface area contributed by atoms with Gasteiger partial charge in [0.1, 0.15) is 11.7 Å². The number of fused-ring (bicyclic) bond motifs is 1. The van der Waals surface area contributed by atoms with Gasteiger partial charge in [0.05, 0.1) is 157 Å². The van der Waals surface area contributed by atoms with Crippen molar-refractivity contribution >= 4 is 45.6 Å². The fraction of sp³-hybridized carbons (Fsp3) is 0.592. The van der Waals surface area contributed by atoms with Crippen LogP contribution >= 0.6 is 0 Å². The van der Waals surface area contributed by atoms with E-state index in [4.69, 9.17) is 62.5 Å². The molecule has 3 heterocycles. The molecule has 3 aromatic rings. The number of benzene rings is 1. The molecule has 1 aliphatic rings. The number of aliphatic imine (C=N–C) groups is 1. The normalized spacial score (nSPS) is 12.4. The molecule has 0 atom stereocenters. The minimum absolute atomic E-state index is 0.0143. The maximum Gasteiger partial charge on any atom is 0.313 e. The molecule has 2 aromatic heterocycles. The molecule has 0 aliphatic carbocycles. The predicted molar refractivity (Wildman–Crippen MR) is 272 cm³/mol. The van der Waals surface area contributed by atoms with Crippen LogP contribution in [0, 0.1) is 23.3 Å². The highest BCUT2D eigenvalue weighted by atomic mass is 32.2. The van der Waals surface area contributed by atoms with Gasteiger partial charge in [-0.15, -0.1) is 0 Å². The molecule has 0 saturated carbocycles. The second kappa shape index (κ2) is 38.0. The molecule has 0 unspecified atom stereocenters. The number of hydrogen-bond donors (Lipinski definition) is 3. The average molecular weight is 1170 g/mol. The highest BCUT2D eigenvalue weighted by Crippen LogP contribution is 2.33. The van der Waals surface area contributed by atoms with E-state index in [-0.39, 0.29) is 76.7 Å². The first-order valence-electron chi connectivity index (χ1n) is 25.4. The number of hydrogen-bond acceptors (Lipinski definition) is 23. The first-order valence-corrected chi connectivity index (χ1v) is 26.8. The third-order valence-electron chi connectivity index (χ3n) is 10.3. The van der Waals surface area contributed by atoms with Gasteiger partial charge in [-0.3, -0.25) is 23.8 Å². The van der Waals surface area contributed by atoms with Gasteiger partial charge in [-0.1, -0.05) is 6.92 Å². The summed E-state index contributed by atoms with van der Waals surface area (Å²) in [6.07, 6.45) is 6.74. The zero-order valence-corrected chi connectivity index (χ0v) is 45.3. The molecule has 4 rings (SSSR count). The van der Waals surface area contributed by atoms with Gasteiger partial charge in [-0.2, -0.15) is 17.2 Å². The number of rotatable bonds is 43. The molecule has 446 valence electrons. The van der Waals surface area contributed by atoms with Gasteiger partial charge >= 0.3 is 16.1 Å². The van der Waals surface area contributed by atoms with Crippen LogP contribution in [0.4, 0.5) is 23.4 Å². The van der Waals surface area contributed by atoms with Gasteiger partial charge in [0.25, 0.3) is 5.91 Å². The molecular formula is C49H68F4N8O18S. The number of halogens is 4. The monoisotopic (exact) mass is 1160 g/mol. The van der Waals surface area contributed by atoms with Gasteiger partial charge in [0.2, 0.25) is 23.3 Å². The van der Waals surface area contributed by atoms with Crippen molar-refractivity contribution in [2.45, 2.75) is 51.0 Å². The number of nitrogens with zero attached hydrogens (tertiary/aromatic N) is 6. The van der Waals surface area contributed by atoms with Gasteiger partial charge in [0.15, 0.2) is 28.2 Å². The third-order valence-corrected chi connectivity index (χ3v) is 11.2. The van der Waals surface area contributed by atoms with E-state index in [1.165, 1.54) is 5.06 Å². The first-order chi connectivity index (χ1) is 38.6. The van der Waals surface area contributed by atoms with Crippen molar-refractivity contribution in [3.63, 3.8) is 0 Å². The van der Waals surface area contributed by atoms with Gasteiger partial charge in [-0.05, 0) is 19.4 Å². The van der Waals surface area contributed by atoms with E-state index in [1.54, 1.807) is 24.7 Å². The van der Waals surface area contributed by atoms with Crippen molar-refractivity contribution in [3.8, 4) is 17.1 Å². The summed E-state index contributed by atoms with van der Waals surface area (Å²) in [5.41, 5.74) is 7.63. The summed E-state index contributed by atoms with van der Waals surface area (Å²) in [5.74, 6) is -12.0. The Morgan fingerprint density at radius 3 is 1.54 bits per heavy atom. The van der Waals surface area contributed by atoms with E-state index in [9.17, 15) is 40.4 Å². The van der Waals surface area contributed by atoms with Crippen LogP contribution in [0.1, 0.15) is 50.9 Å². The highest BCUT2D eigenvalue weighted by molar-refractivity contribution is 7.85. The number of nitrogens with one attached hydrogen (secondary N) is 1. The Balaban J connectivity index is 0.858. The molecule has 4 N–H and O–H groups in total. The minimum atomic E-state index is -5.65. The summed E-state index contributed by atoms with van der Waals surface area (Å²) in [7, 11) is -5.65. The standard InChI is InChI=1S/C49H68F4N8O18S/c1-3-7-61(78-4-2)49(64)34-28-35-30-58-47(60-48(35)59-37(54)29-34)36-31-55-38(56-32-36)33-57-39(62)5-8-68-10-12-70-14-16-72-18-20-74-22-24-76-26-27-77-25-23-75-21-19-73-17-15-71-13-11-69-9-6-40(63)79-45-41(50)43(52)46(80(65,66)67)44(53)42(45)51/h28,30-32H,3-27,29,33H2,1-2H3,(H,57,62)(H,65,66,67)(H2,54,58,59,60). The maximum atomic E-state index is 14.0. The van der Waals surface area contributed by atoms with Crippen LogP contribution in [0.5, 0.6) is 5.75 Å². The summed E-state index contributed by atoms with van der Waals surface area (Å²) in [6, 6.07) is 0. The molecule has 0 bridgehead atoms. The number of ether oxygens (including phenoxy) is 11. The molecule has 2 amide bonds. The summed E-state index contributed by atoms with van der Waals surface area (Å²) in [5, 5.41) is 4.09. The molecule has 26 nitrogen and oxygen atoms in total. The van der Waals surface area contributed by atoms with Gasteiger partial charge < -0.3 is 63.2 Å². The van der Waals surface area contributed by atoms with Crippen LogP contribution in [0.3, 0.4) is 0 Å². The third kappa shape index (κ3) is 24.9. The van der Waals surface area contributed by atoms with Crippen molar-refractivity contribution in [2.75, 3.05) is 145 Å². The summed E-state index contributed by atoms with van der Waals surface area (Å²) >= 11 is 0. The Morgan fingerprint density at radius 1 is 0.650 bits per heavy atom. The van der Waals surface area contributed by atoms with Crippen molar-refractivity contribution in [1.82, 2.24) is 30.3 Å². The zero-order valence-electron chi connectivity index (χ0n) is 44.5. The van der Waals surface area contributed by atoms with Crippen LogP contribution in [0.2, 0.25) is 0 Å². The lowest BCUT2D eigenvalue weighted by Crippen LogP contribution is -2.34. The Labute approximate surface area is 459 Å². The summed E-state index contributed by atoms with van der Waals surface area (Å²) in [6.45, 7) is 10.3. The maximum absolute atomic E-state index is 14.0. The molecule has 0 saturated heterocycles. The van der Waals surface area contributed by atoms with Crippen molar-refractivity contribution < 1.29 is 102 Å². The molecule has 1 aliphatic heterocycles. The zero-order chi connectivity index (χ0) is 58.0. The lowest BCUT2D eigenvalue weighted by molar-refractivity contribution is -0.180. The second-order valence-corrected chi connectivity index (χ2v) is 17.8. The van der Waals surface area contributed by atoms with E-state index in [0.29, 0.717) is 140 Å². The quantitative estimate of drug-likeness (QED) is 0.0139. The summed E-state index contributed by atoms with van der Waals surface area (Å²) < 4.78 is 145. The fourth-order valence-corrected chi connectivity index (χ4v) is 7.14. The lowest BCUT2D eigenvalue weighted by Gasteiger charge is -2.21. The van der Waals surface area contributed by atoms with E-state index >= 15 is 0 Å². The fourth-order valence-electron chi connectivity index (χ4n) is 6.50. The number of hydroxylamine groups is 2. The molecular weight excluding hydrogens is 1100 g/mol. The van der Waals surface area contributed by atoms with Crippen LogP contribution in [0.25, 0.3) is 17.5 Å². The Kier molecular flexibility index (Phi) is 31.7. The first kappa shape index (κ1) is 66.7. The Hall–Kier alpha value is -5.81. The van der Waals surface area contributed by atoms with E-state index in [1.807, 2.05) is 13.8 Å². The van der Waals surface area contributed by atoms with Crippen LogP contribution in [-0.2, 0) is 83.3 Å². The van der Waals surface area contributed by atoms with Gasteiger partial charge in [0, 0.05) is 49.1 Å². The van der Waals surface area contributed by atoms with Crippen molar-refractivity contribution in [3.05, 3.63) is 58.8 Å². The molecule has 31 heteroatoms. The van der Waals surface area contributed by atoms with E-state index in [0.717, 1.165) is 6.42 Å². The number of nitrogens with two attached hydrogens (primary N) is 1. The minimum Gasteiger partial charge on any atom is -0.420 e. The second-order valence-electron chi connectivity index (χ2n) is 16.4. The average Bonchev–Trinajstić information content (AvgIpc) is 3.72. The number of carbonyl (C=O) groups excluding carboxylic acids is 3. The van der Waals surface area contributed by atoms with Gasteiger partial charge in [-0.25, -0.2) is 38.8 Å². The van der Waals surface area contributed by atoms with Crippen LogP contribution < -0.4 is 15.8 Å². The number of aromatic nitrogens is 4. The Bertz CT molecular complexity index is 2520. The highest BCUT2D eigenvalue weighted by Gasteiger charge is 2.34. The number of esters is 1. The molecule has 80 heavy (non-hydrogen) atoms. The predicted octanol–water partition coefficient (Wildman–Crippen LogP) is 2.87. The van der Waals surface area contributed by atoms with Crippen LogP contribution in [-0.4, -0.2) is 207 Å². The van der Waals surface area contributed by atoms with Crippen LogP contribution in [0.15, 0.2) is 34.1 Å². The summed E-state index contributed by atoms with van der Waals surface area (Å²) in [4.78, 5) is 62.6. The van der Waals surface area contributed by atoms with E-state index in [2.05, 4.69) is 35.0 Å². The SMILES string of the molecule is CCCN(OCC)C(=O)C1=Cc2cnc(-c3cnc(CNC(=O)CCOCCOCCOCCOCCOCCOCCOCCOCCOCCOCCC(=O)Oc4c(F)c(F)c(S(=O)(=O)O)c(F)c4F)nc3)nc2N=C(N)C1. The molecule has 1 aromatic carbocycles.